The summed E-state index contributed by atoms with van der Waals surface area (Å²) in [6.07, 6.45) is 2.64. The Kier molecular flexibility index (Phi) is 5.13. The lowest BCUT2D eigenvalue weighted by Crippen LogP contribution is -2.35. The summed E-state index contributed by atoms with van der Waals surface area (Å²) < 4.78 is 10.8. The molecule has 0 amide bonds. The van der Waals surface area contributed by atoms with E-state index >= 15 is 0 Å². The summed E-state index contributed by atoms with van der Waals surface area (Å²) in [7, 11) is 5.44. The van der Waals surface area contributed by atoms with Gasteiger partial charge in [-0.15, -0.1) is 0 Å². The number of fused-ring (bicyclic) bond motifs is 1. The number of hydrogen-bond donors (Lipinski definition) is 0. The van der Waals surface area contributed by atoms with Crippen molar-refractivity contribution in [3.05, 3.63) is 47.7 Å². The summed E-state index contributed by atoms with van der Waals surface area (Å²) in [4.78, 5) is 13.5. The number of likely N-dealkylation sites (N-methyl/N-ethyl adjacent to an activating group) is 1. The molecule has 146 valence electrons. The van der Waals surface area contributed by atoms with E-state index in [9.17, 15) is 0 Å². The van der Waals surface area contributed by atoms with E-state index in [-0.39, 0.29) is 0 Å². The molecule has 1 aliphatic heterocycles. The number of methoxy groups -OCH3 is 2. The highest BCUT2D eigenvalue weighted by molar-refractivity contribution is 6.31. The molecule has 0 N–H and O–H groups in total. The zero-order chi connectivity index (χ0) is 19.7. The van der Waals surface area contributed by atoms with Crippen molar-refractivity contribution in [2.75, 3.05) is 44.2 Å². The highest BCUT2D eigenvalue weighted by Gasteiger charge is 2.28. The van der Waals surface area contributed by atoms with Gasteiger partial charge >= 0.3 is 0 Å². The smallest absolute Gasteiger partial charge is 0.139 e. The van der Waals surface area contributed by atoms with Crippen molar-refractivity contribution in [1.82, 2.24) is 9.97 Å². The van der Waals surface area contributed by atoms with Crippen LogP contribution in [0.15, 0.2) is 42.7 Å². The highest BCUT2D eigenvalue weighted by atomic mass is 35.5. The third kappa shape index (κ3) is 3.52. The van der Waals surface area contributed by atoms with E-state index in [1.54, 1.807) is 20.5 Å². The third-order valence-corrected chi connectivity index (χ3v) is 5.56. The molecule has 0 aliphatic carbocycles. The van der Waals surface area contributed by atoms with Crippen molar-refractivity contribution in [3.8, 4) is 11.5 Å². The molecule has 0 spiro atoms. The Labute approximate surface area is 169 Å². The minimum absolute atomic E-state index is 0.339. The lowest BCUT2D eigenvalue weighted by atomic mass is 10.2. The fraction of sp³-hybridized carbons (Fsp3) is 0.333. The molecule has 0 saturated carbocycles. The Balaban J connectivity index is 1.58. The second-order valence-corrected chi connectivity index (χ2v) is 7.37. The van der Waals surface area contributed by atoms with Crippen molar-refractivity contribution in [3.63, 3.8) is 0 Å². The lowest BCUT2D eigenvalue weighted by Gasteiger charge is -2.27. The molecule has 6 nitrogen and oxygen atoms in total. The van der Waals surface area contributed by atoms with Gasteiger partial charge in [0.1, 0.15) is 23.6 Å². The molecule has 2 heterocycles. The van der Waals surface area contributed by atoms with E-state index in [4.69, 9.17) is 21.1 Å². The lowest BCUT2D eigenvalue weighted by molar-refractivity contribution is 0.394. The molecule has 1 fully saturated rings. The molecule has 2 aromatic carbocycles. The van der Waals surface area contributed by atoms with Crippen LogP contribution in [0.1, 0.15) is 6.42 Å². The van der Waals surface area contributed by atoms with E-state index < -0.39 is 0 Å². The van der Waals surface area contributed by atoms with Gasteiger partial charge in [-0.1, -0.05) is 11.6 Å². The van der Waals surface area contributed by atoms with Gasteiger partial charge in [0.15, 0.2) is 0 Å². The van der Waals surface area contributed by atoms with E-state index in [1.165, 1.54) is 0 Å². The second kappa shape index (κ2) is 7.72. The van der Waals surface area contributed by atoms with E-state index in [0.29, 0.717) is 11.1 Å². The quantitative estimate of drug-likeness (QED) is 0.647. The summed E-state index contributed by atoms with van der Waals surface area (Å²) in [5.41, 5.74) is 1.96. The number of ether oxygens (including phenoxy) is 2. The first kappa shape index (κ1) is 18.6. The topological polar surface area (TPSA) is 50.7 Å². The van der Waals surface area contributed by atoms with Gasteiger partial charge in [-0.3, -0.25) is 0 Å². The van der Waals surface area contributed by atoms with Crippen molar-refractivity contribution in [2.45, 2.75) is 12.5 Å². The predicted molar refractivity (Wildman–Crippen MR) is 113 cm³/mol. The van der Waals surface area contributed by atoms with Crippen LogP contribution in [-0.4, -0.2) is 50.4 Å². The zero-order valence-electron chi connectivity index (χ0n) is 16.2. The van der Waals surface area contributed by atoms with Crippen LogP contribution in [-0.2, 0) is 0 Å². The first-order valence-corrected chi connectivity index (χ1v) is 9.58. The van der Waals surface area contributed by atoms with E-state index in [1.807, 2.05) is 36.4 Å². The Bertz CT molecular complexity index is 975. The molecule has 1 aliphatic rings. The average Bonchev–Trinajstić information content (AvgIpc) is 3.22. The van der Waals surface area contributed by atoms with Crippen LogP contribution in [0.2, 0.25) is 5.02 Å². The van der Waals surface area contributed by atoms with Gasteiger partial charge in [0, 0.05) is 60.5 Å². The van der Waals surface area contributed by atoms with Crippen LogP contribution in [0.3, 0.4) is 0 Å². The maximum atomic E-state index is 6.11. The molecule has 1 aromatic heterocycles. The van der Waals surface area contributed by atoms with Crippen molar-refractivity contribution in [1.29, 1.82) is 0 Å². The van der Waals surface area contributed by atoms with Gasteiger partial charge in [-0.25, -0.2) is 9.97 Å². The predicted octanol–water partition coefficient (Wildman–Crippen LogP) is 4.02. The zero-order valence-corrected chi connectivity index (χ0v) is 17.0. The summed E-state index contributed by atoms with van der Waals surface area (Å²) in [6, 6.07) is 12.1. The fourth-order valence-electron chi connectivity index (χ4n) is 3.74. The molecule has 0 radical (unpaired) electrons. The minimum atomic E-state index is 0.339. The first-order chi connectivity index (χ1) is 13.6. The SMILES string of the molecule is COc1cc(OC)cc(N2CCC(N(C)c3ncnc4cc(Cl)ccc34)C2)c1. The molecule has 4 rings (SSSR count). The Hall–Kier alpha value is -2.73. The number of halogens is 1. The van der Waals surface area contributed by atoms with Gasteiger partial charge in [-0.05, 0) is 24.6 Å². The second-order valence-electron chi connectivity index (χ2n) is 6.93. The monoisotopic (exact) mass is 398 g/mol. The number of hydrogen-bond acceptors (Lipinski definition) is 6. The van der Waals surface area contributed by atoms with Crippen LogP contribution in [0, 0.1) is 0 Å². The number of aromatic nitrogens is 2. The summed E-state index contributed by atoms with van der Waals surface area (Å²) in [6.45, 7) is 1.85. The fourth-order valence-corrected chi connectivity index (χ4v) is 3.90. The minimum Gasteiger partial charge on any atom is -0.497 e. The molecule has 1 unspecified atom stereocenters. The van der Waals surface area contributed by atoms with Gasteiger partial charge in [0.25, 0.3) is 0 Å². The number of nitrogens with zero attached hydrogens (tertiary/aromatic N) is 4. The molecular formula is C21H23ClN4O2. The van der Waals surface area contributed by atoms with Crippen LogP contribution >= 0.6 is 11.6 Å². The van der Waals surface area contributed by atoms with Crippen LogP contribution in [0.4, 0.5) is 11.5 Å². The van der Waals surface area contributed by atoms with E-state index in [2.05, 4.69) is 26.8 Å². The van der Waals surface area contributed by atoms with Gasteiger partial charge in [0.2, 0.25) is 0 Å². The van der Waals surface area contributed by atoms with Crippen molar-refractivity contribution < 1.29 is 9.47 Å². The normalized spacial score (nSPS) is 16.4. The average molecular weight is 399 g/mol. The standard InChI is InChI=1S/C21H23ClN4O2/c1-25(21-19-5-4-14(22)8-20(19)23-13-24-21)15-6-7-26(12-15)16-9-17(27-2)11-18(10-16)28-3/h4-5,8-11,13,15H,6-7,12H2,1-3H3. The highest BCUT2D eigenvalue weighted by Crippen LogP contribution is 2.33. The maximum Gasteiger partial charge on any atom is 0.139 e. The molecule has 1 atom stereocenters. The molecule has 0 bridgehead atoms. The molecule has 3 aromatic rings. The van der Waals surface area contributed by atoms with E-state index in [0.717, 1.165) is 53.4 Å². The largest absolute Gasteiger partial charge is 0.497 e. The molecule has 28 heavy (non-hydrogen) atoms. The summed E-state index contributed by atoms with van der Waals surface area (Å²) in [5.74, 6) is 2.52. The molecule has 1 saturated heterocycles. The third-order valence-electron chi connectivity index (χ3n) is 5.32. The van der Waals surface area contributed by atoms with Gasteiger partial charge < -0.3 is 19.3 Å². The Morgan fingerprint density at radius 2 is 1.82 bits per heavy atom. The summed E-state index contributed by atoms with van der Waals surface area (Å²) in [5, 5.41) is 1.69. The number of rotatable bonds is 5. The number of benzene rings is 2. The van der Waals surface area contributed by atoms with Gasteiger partial charge in [-0.2, -0.15) is 0 Å². The van der Waals surface area contributed by atoms with Gasteiger partial charge in [0.05, 0.1) is 19.7 Å². The molecule has 7 heteroatoms. The Morgan fingerprint density at radius 3 is 2.54 bits per heavy atom. The number of anilines is 2. The van der Waals surface area contributed by atoms with Crippen LogP contribution < -0.4 is 19.3 Å². The maximum absolute atomic E-state index is 6.11. The Morgan fingerprint density at radius 1 is 1.07 bits per heavy atom. The molecular weight excluding hydrogens is 376 g/mol. The first-order valence-electron chi connectivity index (χ1n) is 9.20. The van der Waals surface area contributed by atoms with Crippen molar-refractivity contribution >= 4 is 34.0 Å². The van der Waals surface area contributed by atoms with Crippen LogP contribution in [0.25, 0.3) is 10.9 Å². The van der Waals surface area contributed by atoms with Crippen molar-refractivity contribution in [2.24, 2.45) is 0 Å². The summed E-state index contributed by atoms with van der Waals surface area (Å²) >= 11 is 6.11. The van der Waals surface area contributed by atoms with Crippen LogP contribution in [0.5, 0.6) is 11.5 Å².